The number of benzene rings is 1. The number of carbonyl (C=O) groups excluding carboxylic acids is 1. The fraction of sp³-hybridized carbons (Fsp3) is 0.385. The minimum Gasteiger partial charge on any atom is -0.478 e. The summed E-state index contributed by atoms with van der Waals surface area (Å²) in [4.78, 5) is 22.9. The first-order chi connectivity index (χ1) is 9.06. The number of rotatable bonds is 3. The Kier molecular flexibility index (Phi) is 3.89. The normalized spacial score (nSPS) is 15.2. The number of hydrogen-bond donors (Lipinski definition) is 4. The molecule has 0 bridgehead atoms. The molecule has 1 aliphatic rings. The van der Waals surface area contributed by atoms with E-state index in [2.05, 4.69) is 10.6 Å². The third-order valence-electron chi connectivity index (χ3n) is 3.21. The van der Waals surface area contributed by atoms with E-state index in [9.17, 15) is 9.59 Å². The Morgan fingerprint density at radius 3 is 2.58 bits per heavy atom. The SMILES string of the molecule is Nc1ccc(NC(=O)NC2CCCC2)c(C(=O)O)c1. The summed E-state index contributed by atoms with van der Waals surface area (Å²) in [6, 6.07) is 4.18. The molecule has 6 nitrogen and oxygen atoms in total. The average Bonchev–Trinajstić information content (AvgIpc) is 2.83. The summed E-state index contributed by atoms with van der Waals surface area (Å²) >= 11 is 0. The van der Waals surface area contributed by atoms with E-state index < -0.39 is 5.97 Å². The molecule has 19 heavy (non-hydrogen) atoms. The molecule has 1 saturated carbocycles. The second kappa shape index (κ2) is 5.60. The Bertz CT molecular complexity index is 496. The van der Waals surface area contributed by atoms with Crippen molar-refractivity contribution in [2.45, 2.75) is 31.7 Å². The van der Waals surface area contributed by atoms with Gasteiger partial charge in [0.25, 0.3) is 0 Å². The molecule has 2 amide bonds. The molecule has 1 aromatic carbocycles. The summed E-state index contributed by atoms with van der Waals surface area (Å²) in [5.41, 5.74) is 6.12. The highest BCUT2D eigenvalue weighted by molar-refractivity contribution is 6.00. The van der Waals surface area contributed by atoms with E-state index in [1.807, 2.05) is 0 Å². The molecule has 1 fully saturated rings. The van der Waals surface area contributed by atoms with E-state index in [1.54, 1.807) is 6.07 Å². The third kappa shape index (κ3) is 3.37. The number of carbonyl (C=O) groups is 2. The molecule has 2 rings (SSSR count). The first-order valence-electron chi connectivity index (χ1n) is 6.26. The Labute approximate surface area is 111 Å². The minimum atomic E-state index is -1.12. The van der Waals surface area contributed by atoms with Gasteiger partial charge in [0.2, 0.25) is 0 Å². The lowest BCUT2D eigenvalue weighted by Crippen LogP contribution is -2.36. The molecular weight excluding hydrogens is 246 g/mol. The molecule has 0 saturated heterocycles. The van der Waals surface area contributed by atoms with Crippen molar-refractivity contribution in [1.82, 2.24) is 5.32 Å². The van der Waals surface area contributed by atoms with E-state index in [4.69, 9.17) is 10.8 Å². The number of aromatic carboxylic acids is 1. The number of carboxylic acids is 1. The number of carboxylic acid groups (broad SMARTS) is 1. The van der Waals surface area contributed by atoms with Crippen molar-refractivity contribution in [3.8, 4) is 0 Å². The number of anilines is 2. The standard InChI is InChI=1S/C13H17N3O3/c14-8-5-6-11(10(7-8)12(17)18)16-13(19)15-9-3-1-2-4-9/h5-7,9H,1-4,14H2,(H,17,18)(H2,15,16,19). The third-order valence-corrected chi connectivity index (χ3v) is 3.21. The predicted octanol–water partition coefficient (Wildman–Crippen LogP) is 2.03. The number of hydrogen-bond acceptors (Lipinski definition) is 3. The smallest absolute Gasteiger partial charge is 0.337 e. The highest BCUT2D eigenvalue weighted by Gasteiger charge is 2.18. The maximum atomic E-state index is 11.8. The Morgan fingerprint density at radius 2 is 1.95 bits per heavy atom. The molecular formula is C13H17N3O3. The molecule has 6 heteroatoms. The number of nitrogen functional groups attached to an aromatic ring is 1. The number of urea groups is 1. The summed E-state index contributed by atoms with van der Waals surface area (Å²) in [6.45, 7) is 0. The quantitative estimate of drug-likeness (QED) is 0.626. The van der Waals surface area contributed by atoms with Crippen molar-refractivity contribution in [1.29, 1.82) is 0 Å². The van der Waals surface area contributed by atoms with Crippen LogP contribution in [0.5, 0.6) is 0 Å². The molecule has 1 aromatic rings. The topological polar surface area (TPSA) is 104 Å². The number of nitrogens with two attached hydrogens (primary N) is 1. The van der Waals surface area contributed by atoms with Crippen molar-refractivity contribution in [2.75, 3.05) is 11.1 Å². The molecule has 1 aliphatic carbocycles. The lowest BCUT2D eigenvalue weighted by atomic mass is 10.1. The van der Waals surface area contributed by atoms with Crippen LogP contribution in [-0.4, -0.2) is 23.1 Å². The summed E-state index contributed by atoms with van der Waals surface area (Å²) in [6.07, 6.45) is 4.18. The van der Waals surface area contributed by atoms with Gasteiger partial charge in [0.15, 0.2) is 0 Å². The largest absolute Gasteiger partial charge is 0.478 e. The Morgan fingerprint density at radius 1 is 1.26 bits per heavy atom. The van der Waals surface area contributed by atoms with E-state index in [0.717, 1.165) is 25.7 Å². The van der Waals surface area contributed by atoms with Gasteiger partial charge < -0.3 is 21.5 Å². The van der Waals surface area contributed by atoms with E-state index in [1.165, 1.54) is 12.1 Å². The van der Waals surface area contributed by atoms with Gasteiger partial charge in [-0.15, -0.1) is 0 Å². The molecule has 0 unspecified atom stereocenters. The van der Waals surface area contributed by atoms with Crippen molar-refractivity contribution in [3.05, 3.63) is 23.8 Å². The van der Waals surface area contributed by atoms with Crippen LogP contribution in [0.2, 0.25) is 0 Å². The lowest BCUT2D eigenvalue weighted by Gasteiger charge is -2.14. The first-order valence-corrected chi connectivity index (χ1v) is 6.26. The molecule has 0 atom stereocenters. The van der Waals surface area contributed by atoms with Gasteiger partial charge in [0, 0.05) is 11.7 Å². The van der Waals surface area contributed by atoms with Gasteiger partial charge in [-0.2, -0.15) is 0 Å². The maximum Gasteiger partial charge on any atom is 0.337 e. The van der Waals surface area contributed by atoms with Gasteiger partial charge in [0.1, 0.15) is 0 Å². The van der Waals surface area contributed by atoms with Crippen molar-refractivity contribution >= 4 is 23.4 Å². The van der Waals surface area contributed by atoms with Crippen molar-refractivity contribution in [2.24, 2.45) is 0 Å². The second-order valence-corrected chi connectivity index (χ2v) is 4.69. The molecule has 102 valence electrons. The highest BCUT2D eigenvalue weighted by Crippen LogP contribution is 2.20. The van der Waals surface area contributed by atoms with Crippen LogP contribution >= 0.6 is 0 Å². The van der Waals surface area contributed by atoms with Gasteiger partial charge in [-0.05, 0) is 31.0 Å². The minimum absolute atomic E-state index is 0.0124. The van der Waals surface area contributed by atoms with E-state index in [-0.39, 0.29) is 23.3 Å². The fourth-order valence-corrected chi connectivity index (χ4v) is 2.26. The van der Waals surface area contributed by atoms with Gasteiger partial charge >= 0.3 is 12.0 Å². The summed E-state index contributed by atoms with van der Waals surface area (Å²) in [5.74, 6) is -1.12. The van der Waals surface area contributed by atoms with Crippen LogP contribution < -0.4 is 16.4 Å². The van der Waals surface area contributed by atoms with Crippen LogP contribution in [0.3, 0.4) is 0 Å². The van der Waals surface area contributed by atoms with Gasteiger partial charge in [0.05, 0.1) is 11.3 Å². The van der Waals surface area contributed by atoms with Crippen LogP contribution in [0.4, 0.5) is 16.2 Å². The monoisotopic (exact) mass is 263 g/mol. The average molecular weight is 263 g/mol. The zero-order valence-corrected chi connectivity index (χ0v) is 10.5. The highest BCUT2D eigenvalue weighted by atomic mass is 16.4. The van der Waals surface area contributed by atoms with Gasteiger partial charge in [-0.3, -0.25) is 0 Å². The molecule has 0 aliphatic heterocycles. The van der Waals surface area contributed by atoms with Crippen LogP contribution in [0, 0.1) is 0 Å². The lowest BCUT2D eigenvalue weighted by molar-refractivity contribution is 0.0698. The number of amides is 2. The second-order valence-electron chi connectivity index (χ2n) is 4.69. The van der Waals surface area contributed by atoms with Crippen LogP contribution in [-0.2, 0) is 0 Å². The van der Waals surface area contributed by atoms with Gasteiger partial charge in [-0.1, -0.05) is 12.8 Å². The van der Waals surface area contributed by atoms with Crippen LogP contribution in [0.1, 0.15) is 36.0 Å². The number of nitrogens with one attached hydrogen (secondary N) is 2. The Balaban J connectivity index is 2.05. The van der Waals surface area contributed by atoms with Crippen molar-refractivity contribution < 1.29 is 14.7 Å². The first kappa shape index (κ1) is 13.2. The predicted molar refractivity (Wildman–Crippen MR) is 72.2 cm³/mol. The summed E-state index contributed by atoms with van der Waals surface area (Å²) in [5, 5.41) is 14.5. The molecule has 0 radical (unpaired) electrons. The van der Waals surface area contributed by atoms with Crippen LogP contribution in [0.15, 0.2) is 18.2 Å². The molecule has 5 N–H and O–H groups in total. The van der Waals surface area contributed by atoms with Crippen LogP contribution in [0.25, 0.3) is 0 Å². The fourth-order valence-electron chi connectivity index (χ4n) is 2.26. The summed E-state index contributed by atoms with van der Waals surface area (Å²) < 4.78 is 0. The molecule has 0 aromatic heterocycles. The summed E-state index contributed by atoms with van der Waals surface area (Å²) in [7, 11) is 0. The Hall–Kier alpha value is -2.24. The zero-order chi connectivity index (χ0) is 13.8. The van der Waals surface area contributed by atoms with Crippen molar-refractivity contribution in [3.63, 3.8) is 0 Å². The van der Waals surface area contributed by atoms with Gasteiger partial charge in [-0.25, -0.2) is 9.59 Å². The molecule has 0 heterocycles. The van der Waals surface area contributed by atoms with E-state index >= 15 is 0 Å². The maximum absolute atomic E-state index is 11.8. The van der Waals surface area contributed by atoms with E-state index in [0.29, 0.717) is 5.69 Å². The molecule has 0 spiro atoms. The zero-order valence-electron chi connectivity index (χ0n) is 10.5.